The van der Waals surface area contributed by atoms with Gasteiger partial charge in [-0.3, -0.25) is 0 Å². The molecule has 3 nitrogen and oxygen atoms in total. The Kier molecular flexibility index (Phi) is 8.59. The zero-order chi connectivity index (χ0) is 14.5. The van der Waals surface area contributed by atoms with Crippen LogP contribution in [0, 0.1) is 0 Å². The number of ether oxygens (including phenoxy) is 1. The van der Waals surface area contributed by atoms with E-state index in [9.17, 15) is 0 Å². The van der Waals surface area contributed by atoms with Crippen LogP contribution in [0.1, 0.15) is 29.7 Å². The molecule has 0 spiro atoms. The van der Waals surface area contributed by atoms with Crippen molar-refractivity contribution in [2.24, 2.45) is 0 Å². The molecule has 3 atom stereocenters. The van der Waals surface area contributed by atoms with E-state index >= 15 is 0 Å². The summed E-state index contributed by atoms with van der Waals surface area (Å²) in [6, 6.07) is 21.6. The van der Waals surface area contributed by atoms with Gasteiger partial charge in [-0.15, -0.1) is 0 Å². The molecule has 2 aromatic rings. The Morgan fingerprint density at radius 1 is 0.913 bits per heavy atom. The molecule has 126 valence electrons. The van der Waals surface area contributed by atoms with Crippen LogP contribution in [0.5, 0.6) is 0 Å². The van der Waals surface area contributed by atoms with Gasteiger partial charge in [0, 0.05) is 12.0 Å². The number of quaternary nitrogens is 2. The smallest absolute Gasteiger partial charge is 0.142 e. The number of rotatable bonds is 4. The average Bonchev–Trinajstić information content (AvgIpc) is 2.57. The van der Waals surface area contributed by atoms with Crippen molar-refractivity contribution >= 4 is 0 Å². The number of hydrogen-bond acceptors (Lipinski definition) is 1. The van der Waals surface area contributed by atoms with Crippen molar-refractivity contribution in [3.8, 4) is 0 Å². The second kappa shape index (κ2) is 9.91. The molecule has 0 radical (unpaired) electrons. The van der Waals surface area contributed by atoms with Crippen LogP contribution in [0.25, 0.3) is 0 Å². The van der Waals surface area contributed by atoms with E-state index in [2.05, 4.69) is 71.7 Å². The number of halogens is 2. The third kappa shape index (κ3) is 4.93. The summed E-state index contributed by atoms with van der Waals surface area (Å²) in [5.41, 5.74) is 6.55. The fourth-order valence-electron chi connectivity index (χ4n) is 3.10. The lowest BCUT2D eigenvalue weighted by Gasteiger charge is -2.35. The van der Waals surface area contributed by atoms with Gasteiger partial charge >= 0.3 is 0 Å². The van der Waals surface area contributed by atoms with Gasteiger partial charge in [-0.1, -0.05) is 60.7 Å². The van der Waals surface area contributed by atoms with E-state index < -0.39 is 0 Å². The highest BCUT2D eigenvalue weighted by Crippen LogP contribution is 2.32. The van der Waals surface area contributed by atoms with Gasteiger partial charge in [0.25, 0.3) is 0 Å². The molecular weight excluding hydrogens is 331 g/mol. The Bertz CT molecular complexity index is 553. The molecule has 1 aliphatic heterocycles. The zero-order valence-corrected chi connectivity index (χ0v) is 14.6. The van der Waals surface area contributed by atoms with Crippen LogP contribution in [0.2, 0.25) is 0 Å². The molecule has 1 saturated heterocycles. The second-order valence-corrected chi connectivity index (χ2v) is 5.64. The van der Waals surface area contributed by atoms with Gasteiger partial charge in [0.15, 0.2) is 0 Å². The molecule has 2 aromatic carbocycles. The van der Waals surface area contributed by atoms with Gasteiger partial charge in [-0.2, -0.15) is 0 Å². The van der Waals surface area contributed by atoms with Gasteiger partial charge in [0.2, 0.25) is 0 Å². The molecule has 0 bridgehead atoms. The molecule has 0 unspecified atom stereocenters. The Labute approximate surface area is 150 Å². The van der Waals surface area contributed by atoms with Crippen LogP contribution >= 0.6 is 0 Å². The first-order valence-corrected chi connectivity index (χ1v) is 7.76. The van der Waals surface area contributed by atoms with E-state index in [0.717, 1.165) is 19.5 Å². The molecule has 23 heavy (non-hydrogen) atoms. The molecular formula is C18H24Cl2N2O. The van der Waals surface area contributed by atoms with Crippen LogP contribution in [0.3, 0.4) is 0 Å². The Hall–Kier alpha value is -1.10. The lowest BCUT2D eigenvalue weighted by Crippen LogP contribution is -3.00. The summed E-state index contributed by atoms with van der Waals surface area (Å²) >= 11 is 0. The van der Waals surface area contributed by atoms with Crippen molar-refractivity contribution in [3.63, 3.8) is 0 Å². The third-order valence-corrected chi connectivity index (χ3v) is 4.16. The molecule has 1 aliphatic rings. The lowest BCUT2D eigenvalue weighted by molar-refractivity contribution is -0.728. The predicted octanol–water partition coefficient (Wildman–Crippen LogP) is -4.93. The summed E-state index contributed by atoms with van der Waals surface area (Å²) in [5, 5.41) is 2.43. The Morgan fingerprint density at radius 2 is 1.48 bits per heavy atom. The highest BCUT2D eigenvalue weighted by Gasteiger charge is 2.36. The second-order valence-electron chi connectivity index (χ2n) is 5.64. The normalized spacial score (nSPS) is 23.4. The van der Waals surface area contributed by atoms with Gasteiger partial charge in [-0.25, -0.2) is 0 Å². The van der Waals surface area contributed by atoms with E-state index in [-0.39, 0.29) is 30.9 Å². The van der Waals surface area contributed by atoms with Crippen molar-refractivity contribution in [3.05, 3.63) is 71.8 Å². The molecule has 0 aliphatic carbocycles. The Balaban J connectivity index is 0.00000132. The van der Waals surface area contributed by atoms with Crippen LogP contribution in [0.4, 0.5) is 0 Å². The van der Waals surface area contributed by atoms with Crippen molar-refractivity contribution in [1.29, 1.82) is 0 Å². The predicted molar refractivity (Wildman–Crippen MR) is 82.4 cm³/mol. The standard InChI is InChI=1S/C18H22N2O.2ClH/c19-12-11-16-13-20-17(14-7-3-1-4-8-14)18(21-16)15-9-5-2-6-10-15;;/h1-10,16-18,20H,11-13,19H2;2*1H/t16-,17-,18+;;/m1../s1. The monoisotopic (exact) mass is 354 g/mol. The first kappa shape index (κ1) is 19.9. The SMILES string of the molecule is [Cl-].[Cl-].[NH3+]CC[C@@H]1C[NH2+][C@H](c2ccccc2)[C@H](c2ccccc2)O1. The van der Waals surface area contributed by atoms with Crippen molar-refractivity contribution < 1.29 is 40.6 Å². The van der Waals surface area contributed by atoms with Gasteiger partial charge in [0.1, 0.15) is 24.8 Å². The zero-order valence-electron chi connectivity index (χ0n) is 13.1. The summed E-state index contributed by atoms with van der Waals surface area (Å²) in [6.45, 7) is 1.94. The summed E-state index contributed by atoms with van der Waals surface area (Å²) in [7, 11) is 0. The minimum atomic E-state index is 0. The topological polar surface area (TPSA) is 53.5 Å². The largest absolute Gasteiger partial charge is 1.00 e. The van der Waals surface area contributed by atoms with Crippen molar-refractivity contribution in [2.45, 2.75) is 24.7 Å². The summed E-state index contributed by atoms with van der Waals surface area (Å²) in [5.74, 6) is 0. The van der Waals surface area contributed by atoms with Gasteiger partial charge in [-0.05, 0) is 5.56 Å². The quantitative estimate of drug-likeness (QED) is 0.568. The first-order chi connectivity index (χ1) is 10.4. The van der Waals surface area contributed by atoms with E-state index in [0.29, 0.717) is 12.1 Å². The van der Waals surface area contributed by atoms with Crippen LogP contribution in [-0.2, 0) is 4.74 Å². The molecule has 5 N–H and O–H groups in total. The molecule has 3 rings (SSSR count). The highest BCUT2D eigenvalue weighted by molar-refractivity contribution is 5.25. The van der Waals surface area contributed by atoms with Gasteiger partial charge in [0.05, 0.1) is 6.54 Å². The maximum atomic E-state index is 6.41. The minimum absolute atomic E-state index is 0. The summed E-state index contributed by atoms with van der Waals surface area (Å²) in [4.78, 5) is 0. The number of benzene rings is 2. The third-order valence-electron chi connectivity index (χ3n) is 4.16. The minimum Gasteiger partial charge on any atom is -1.00 e. The van der Waals surface area contributed by atoms with E-state index in [1.54, 1.807) is 0 Å². The Morgan fingerprint density at radius 3 is 2.04 bits per heavy atom. The maximum Gasteiger partial charge on any atom is 0.142 e. The molecule has 5 heteroatoms. The molecule has 0 amide bonds. The maximum absolute atomic E-state index is 6.41. The van der Waals surface area contributed by atoms with Gasteiger partial charge < -0.3 is 40.6 Å². The van der Waals surface area contributed by atoms with E-state index in [4.69, 9.17) is 4.74 Å². The average molecular weight is 355 g/mol. The lowest BCUT2D eigenvalue weighted by atomic mass is 9.93. The molecule has 1 heterocycles. The first-order valence-electron chi connectivity index (χ1n) is 7.76. The number of hydrogen-bond donors (Lipinski definition) is 2. The fourth-order valence-corrected chi connectivity index (χ4v) is 3.10. The van der Waals surface area contributed by atoms with E-state index in [1.807, 2.05) is 0 Å². The van der Waals surface area contributed by atoms with Crippen LogP contribution in [-0.4, -0.2) is 19.2 Å². The highest BCUT2D eigenvalue weighted by atomic mass is 35.5. The number of nitrogens with two attached hydrogens (primary N) is 1. The fraction of sp³-hybridized carbons (Fsp3) is 0.333. The molecule has 0 aromatic heterocycles. The van der Waals surface area contributed by atoms with Crippen molar-refractivity contribution in [2.75, 3.05) is 13.1 Å². The molecule has 0 saturated carbocycles. The summed E-state index contributed by atoms with van der Waals surface area (Å²) < 4.78 is 6.41. The van der Waals surface area contributed by atoms with Crippen LogP contribution in [0.15, 0.2) is 60.7 Å². The van der Waals surface area contributed by atoms with E-state index in [1.165, 1.54) is 11.1 Å². The van der Waals surface area contributed by atoms with Crippen molar-refractivity contribution in [1.82, 2.24) is 0 Å². The number of morpholine rings is 1. The molecule has 1 fully saturated rings. The summed E-state index contributed by atoms with van der Waals surface area (Å²) in [6.07, 6.45) is 1.44. The van der Waals surface area contributed by atoms with Crippen LogP contribution < -0.4 is 35.9 Å².